The summed E-state index contributed by atoms with van der Waals surface area (Å²) in [5, 5.41) is 6.21. The van der Waals surface area contributed by atoms with E-state index < -0.39 is 0 Å². The van der Waals surface area contributed by atoms with E-state index in [1.54, 1.807) is 0 Å². The SMILES string of the molecule is c1ccc2c(CCN3CCCC3C3=NCCN3)cccc2c1. The van der Waals surface area contributed by atoms with Gasteiger partial charge in [0.1, 0.15) is 5.84 Å². The van der Waals surface area contributed by atoms with Crippen LogP contribution in [0.15, 0.2) is 47.5 Å². The Hall–Kier alpha value is -1.87. The van der Waals surface area contributed by atoms with Crippen LogP contribution in [-0.4, -0.2) is 43.0 Å². The van der Waals surface area contributed by atoms with Crippen molar-refractivity contribution in [2.45, 2.75) is 25.3 Å². The number of nitrogens with zero attached hydrogens (tertiary/aromatic N) is 2. The van der Waals surface area contributed by atoms with Crippen LogP contribution in [0.2, 0.25) is 0 Å². The van der Waals surface area contributed by atoms with Gasteiger partial charge in [-0.1, -0.05) is 42.5 Å². The van der Waals surface area contributed by atoms with Crippen molar-refractivity contribution >= 4 is 16.6 Å². The lowest BCUT2D eigenvalue weighted by molar-refractivity contribution is 0.304. The third-order valence-corrected chi connectivity index (χ3v) is 4.93. The molecule has 0 bridgehead atoms. The highest BCUT2D eigenvalue weighted by molar-refractivity contribution is 5.89. The minimum atomic E-state index is 0.525. The van der Waals surface area contributed by atoms with Gasteiger partial charge in [0.2, 0.25) is 0 Å². The molecule has 0 amide bonds. The zero-order chi connectivity index (χ0) is 14.8. The number of benzene rings is 2. The molecular formula is C19H23N3. The van der Waals surface area contributed by atoms with Crippen molar-refractivity contribution in [1.82, 2.24) is 10.2 Å². The minimum absolute atomic E-state index is 0.525. The van der Waals surface area contributed by atoms with E-state index in [0.717, 1.165) is 26.1 Å². The van der Waals surface area contributed by atoms with Crippen LogP contribution in [0.4, 0.5) is 0 Å². The zero-order valence-corrected chi connectivity index (χ0v) is 13.0. The first kappa shape index (κ1) is 13.8. The lowest BCUT2D eigenvalue weighted by atomic mass is 10.0. The minimum Gasteiger partial charge on any atom is -0.371 e. The fourth-order valence-electron chi connectivity index (χ4n) is 3.82. The molecule has 0 spiro atoms. The van der Waals surface area contributed by atoms with E-state index in [1.165, 1.54) is 41.6 Å². The van der Waals surface area contributed by atoms with Gasteiger partial charge in [-0.3, -0.25) is 9.89 Å². The third-order valence-electron chi connectivity index (χ3n) is 4.93. The lowest BCUT2D eigenvalue weighted by Crippen LogP contribution is -2.42. The Balaban J connectivity index is 1.49. The summed E-state index contributed by atoms with van der Waals surface area (Å²) in [6.45, 7) is 4.29. The predicted octanol–water partition coefficient (Wildman–Crippen LogP) is 2.85. The van der Waals surface area contributed by atoms with E-state index in [1.807, 2.05) is 0 Å². The van der Waals surface area contributed by atoms with Crippen LogP contribution < -0.4 is 5.32 Å². The van der Waals surface area contributed by atoms with Gasteiger partial charge in [0, 0.05) is 13.1 Å². The first-order chi connectivity index (χ1) is 10.9. The van der Waals surface area contributed by atoms with Crippen molar-refractivity contribution in [3.63, 3.8) is 0 Å². The van der Waals surface area contributed by atoms with Gasteiger partial charge in [-0.05, 0) is 42.1 Å². The van der Waals surface area contributed by atoms with Crippen molar-refractivity contribution in [2.75, 3.05) is 26.2 Å². The third kappa shape index (κ3) is 2.61. The average molecular weight is 293 g/mol. The number of amidine groups is 1. The molecule has 2 aromatic carbocycles. The molecule has 3 heteroatoms. The van der Waals surface area contributed by atoms with E-state index >= 15 is 0 Å². The summed E-state index contributed by atoms with van der Waals surface area (Å²) >= 11 is 0. The summed E-state index contributed by atoms with van der Waals surface area (Å²) in [5.41, 5.74) is 1.46. The summed E-state index contributed by atoms with van der Waals surface area (Å²) in [5.74, 6) is 1.23. The molecule has 1 atom stereocenters. The normalized spacial score (nSPS) is 22.0. The molecule has 1 N–H and O–H groups in total. The highest BCUT2D eigenvalue weighted by Crippen LogP contribution is 2.22. The summed E-state index contributed by atoms with van der Waals surface area (Å²) in [6, 6.07) is 15.9. The number of likely N-dealkylation sites (tertiary alicyclic amines) is 1. The van der Waals surface area contributed by atoms with Gasteiger partial charge in [0.05, 0.1) is 12.6 Å². The van der Waals surface area contributed by atoms with Gasteiger partial charge in [0.15, 0.2) is 0 Å². The number of hydrogen-bond donors (Lipinski definition) is 1. The summed E-state index contributed by atoms with van der Waals surface area (Å²) in [7, 11) is 0. The van der Waals surface area contributed by atoms with Gasteiger partial charge in [-0.2, -0.15) is 0 Å². The molecule has 2 heterocycles. The molecule has 0 saturated carbocycles. The standard InChI is InChI=1S/C19H23N3/c1-2-8-17-15(5-1)6-3-7-16(17)10-14-22-13-4-9-18(22)19-20-11-12-21-19/h1-3,5-8,18H,4,9-14H2,(H,20,21). The van der Waals surface area contributed by atoms with Gasteiger partial charge >= 0.3 is 0 Å². The van der Waals surface area contributed by atoms with Crippen LogP contribution in [0.5, 0.6) is 0 Å². The molecule has 0 radical (unpaired) electrons. The van der Waals surface area contributed by atoms with E-state index in [2.05, 4.69) is 57.7 Å². The van der Waals surface area contributed by atoms with Crippen LogP contribution in [0, 0.1) is 0 Å². The first-order valence-corrected chi connectivity index (χ1v) is 8.41. The summed E-state index contributed by atoms with van der Waals surface area (Å²) in [6.07, 6.45) is 3.66. The molecule has 1 saturated heterocycles. The Kier molecular flexibility index (Phi) is 3.81. The molecule has 1 fully saturated rings. The van der Waals surface area contributed by atoms with Gasteiger partial charge in [-0.25, -0.2) is 0 Å². The summed E-state index contributed by atoms with van der Waals surface area (Å²) < 4.78 is 0. The van der Waals surface area contributed by atoms with Crippen LogP contribution in [0.25, 0.3) is 10.8 Å². The molecular weight excluding hydrogens is 270 g/mol. The molecule has 3 nitrogen and oxygen atoms in total. The van der Waals surface area contributed by atoms with Gasteiger partial charge in [-0.15, -0.1) is 0 Å². The molecule has 4 rings (SSSR count). The predicted molar refractivity (Wildman–Crippen MR) is 92.6 cm³/mol. The van der Waals surface area contributed by atoms with Crippen LogP contribution in [-0.2, 0) is 6.42 Å². The highest BCUT2D eigenvalue weighted by atomic mass is 15.2. The fourth-order valence-corrected chi connectivity index (χ4v) is 3.82. The Labute approximate surface area is 132 Å². The second-order valence-corrected chi connectivity index (χ2v) is 6.28. The highest BCUT2D eigenvalue weighted by Gasteiger charge is 2.29. The van der Waals surface area contributed by atoms with Crippen LogP contribution in [0.3, 0.4) is 0 Å². The maximum absolute atomic E-state index is 4.64. The van der Waals surface area contributed by atoms with E-state index in [4.69, 9.17) is 0 Å². The molecule has 2 aliphatic heterocycles. The second kappa shape index (κ2) is 6.09. The Morgan fingerprint density at radius 2 is 2.05 bits per heavy atom. The van der Waals surface area contributed by atoms with Crippen LogP contribution >= 0.6 is 0 Å². The number of fused-ring (bicyclic) bond motifs is 1. The molecule has 22 heavy (non-hydrogen) atoms. The van der Waals surface area contributed by atoms with Crippen molar-refractivity contribution in [3.05, 3.63) is 48.0 Å². The fraction of sp³-hybridized carbons (Fsp3) is 0.421. The lowest BCUT2D eigenvalue weighted by Gasteiger charge is -2.24. The van der Waals surface area contributed by atoms with E-state index in [0.29, 0.717) is 6.04 Å². The van der Waals surface area contributed by atoms with Crippen LogP contribution in [0.1, 0.15) is 18.4 Å². The monoisotopic (exact) mass is 293 g/mol. The van der Waals surface area contributed by atoms with Crippen molar-refractivity contribution in [3.8, 4) is 0 Å². The van der Waals surface area contributed by atoms with Crippen molar-refractivity contribution in [2.24, 2.45) is 4.99 Å². The van der Waals surface area contributed by atoms with Crippen molar-refractivity contribution in [1.29, 1.82) is 0 Å². The topological polar surface area (TPSA) is 27.6 Å². The zero-order valence-electron chi connectivity index (χ0n) is 13.0. The number of hydrogen-bond acceptors (Lipinski definition) is 3. The van der Waals surface area contributed by atoms with Gasteiger partial charge < -0.3 is 5.32 Å². The Bertz CT molecular complexity index is 687. The molecule has 0 aliphatic carbocycles. The Morgan fingerprint density at radius 1 is 1.14 bits per heavy atom. The van der Waals surface area contributed by atoms with E-state index in [-0.39, 0.29) is 0 Å². The largest absolute Gasteiger partial charge is 0.371 e. The maximum atomic E-state index is 4.64. The average Bonchev–Trinajstić information content (AvgIpc) is 3.23. The van der Waals surface area contributed by atoms with E-state index in [9.17, 15) is 0 Å². The molecule has 1 unspecified atom stereocenters. The molecule has 114 valence electrons. The van der Waals surface area contributed by atoms with Gasteiger partial charge in [0.25, 0.3) is 0 Å². The summed E-state index contributed by atoms with van der Waals surface area (Å²) in [4.78, 5) is 7.25. The smallest absolute Gasteiger partial charge is 0.114 e. The quantitative estimate of drug-likeness (QED) is 0.938. The maximum Gasteiger partial charge on any atom is 0.114 e. The number of nitrogens with one attached hydrogen (secondary N) is 1. The molecule has 2 aliphatic rings. The Morgan fingerprint density at radius 3 is 2.95 bits per heavy atom. The molecule has 0 aromatic heterocycles. The molecule has 2 aromatic rings. The first-order valence-electron chi connectivity index (χ1n) is 8.41. The second-order valence-electron chi connectivity index (χ2n) is 6.28. The van der Waals surface area contributed by atoms with Crippen molar-refractivity contribution < 1.29 is 0 Å². The number of rotatable bonds is 4. The number of aliphatic imine (C=N–C) groups is 1.